The Morgan fingerprint density at radius 3 is 2.55 bits per heavy atom. The number of hydrogen-bond acceptors (Lipinski definition) is 6. The maximum atomic E-state index is 12.5. The number of benzene rings is 2. The van der Waals surface area contributed by atoms with Gasteiger partial charge in [0.15, 0.2) is 5.69 Å². The van der Waals surface area contributed by atoms with Crippen LogP contribution in [-0.2, 0) is 6.54 Å². The van der Waals surface area contributed by atoms with Crippen molar-refractivity contribution in [3.63, 3.8) is 0 Å². The number of nitrogens with one attached hydrogen (secondary N) is 1. The molecule has 29 heavy (non-hydrogen) atoms. The minimum absolute atomic E-state index is 0.166. The highest BCUT2D eigenvalue weighted by Gasteiger charge is 2.20. The second kappa shape index (κ2) is 8.34. The first-order chi connectivity index (χ1) is 13.9. The van der Waals surface area contributed by atoms with E-state index in [1.165, 1.54) is 28.9 Å². The van der Waals surface area contributed by atoms with Gasteiger partial charge in [0.1, 0.15) is 11.4 Å². The van der Waals surface area contributed by atoms with E-state index in [9.17, 15) is 19.7 Å². The molecule has 2 aromatic carbocycles. The summed E-state index contributed by atoms with van der Waals surface area (Å²) in [5.74, 6) is 0.0192. The molecule has 3 rings (SSSR count). The maximum absolute atomic E-state index is 12.5. The number of para-hydroxylation sites is 2. The average molecular weight is 394 g/mol. The molecule has 0 atom stereocenters. The average Bonchev–Trinajstić information content (AvgIpc) is 2.72. The van der Waals surface area contributed by atoms with Gasteiger partial charge >= 0.3 is 0 Å². The van der Waals surface area contributed by atoms with Crippen molar-refractivity contribution in [2.24, 2.45) is 0 Å². The molecule has 0 aliphatic heterocycles. The lowest BCUT2D eigenvalue weighted by atomic mass is 10.2. The second-order valence-electron chi connectivity index (χ2n) is 6.19. The Morgan fingerprint density at radius 2 is 1.90 bits per heavy atom. The quantitative estimate of drug-likeness (QED) is 0.507. The third kappa shape index (κ3) is 4.29. The molecule has 0 aliphatic rings. The summed E-state index contributed by atoms with van der Waals surface area (Å²) in [7, 11) is 1.56. The van der Waals surface area contributed by atoms with Crippen LogP contribution < -0.4 is 15.5 Å². The number of nitro groups is 1. The lowest BCUT2D eigenvalue weighted by Crippen LogP contribution is -2.31. The summed E-state index contributed by atoms with van der Waals surface area (Å²) < 4.78 is 6.31. The van der Waals surface area contributed by atoms with Crippen molar-refractivity contribution >= 4 is 11.6 Å². The minimum atomic E-state index is -0.668. The summed E-state index contributed by atoms with van der Waals surface area (Å²) in [5.41, 5.74) is 0.253. The normalized spacial score (nSPS) is 10.4. The molecule has 3 aromatic rings. The Kier molecular flexibility index (Phi) is 5.68. The van der Waals surface area contributed by atoms with Crippen LogP contribution in [0, 0.1) is 17.0 Å². The van der Waals surface area contributed by atoms with Crippen LogP contribution in [0.25, 0.3) is 5.69 Å². The van der Waals surface area contributed by atoms with Crippen molar-refractivity contribution in [1.82, 2.24) is 15.1 Å². The zero-order chi connectivity index (χ0) is 21.0. The Bertz CT molecular complexity index is 1120. The summed E-state index contributed by atoms with van der Waals surface area (Å²) >= 11 is 0. The highest BCUT2D eigenvalue weighted by Crippen LogP contribution is 2.22. The van der Waals surface area contributed by atoms with Gasteiger partial charge in [0, 0.05) is 24.4 Å². The van der Waals surface area contributed by atoms with E-state index in [4.69, 9.17) is 4.74 Å². The summed E-state index contributed by atoms with van der Waals surface area (Å²) in [6.07, 6.45) is 0. The largest absolute Gasteiger partial charge is 0.497 e. The number of rotatable bonds is 6. The van der Waals surface area contributed by atoms with Gasteiger partial charge in [-0.15, -0.1) is 0 Å². The first kappa shape index (κ1) is 19.7. The molecule has 9 nitrogen and oxygen atoms in total. The standard InChI is InChI=1S/C20H18N4O5/c1-13-11-18(25)19(20(26)21-12-14-7-9-15(29-2)10-8-14)22-23(13)16-5-3-4-6-17(16)24(27)28/h3-11H,12H2,1-2H3,(H,21,26). The summed E-state index contributed by atoms with van der Waals surface area (Å²) in [5, 5.41) is 18.0. The molecule has 1 aromatic heterocycles. The highest BCUT2D eigenvalue weighted by atomic mass is 16.6. The SMILES string of the molecule is COc1ccc(CNC(=O)c2nn(-c3ccccc3[N+](=O)[O-])c(C)cc2=O)cc1. The molecule has 0 bridgehead atoms. The van der Waals surface area contributed by atoms with Crippen LogP contribution in [0.4, 0.5) is 5.69 Å². The zero-order valence-electron chi connectivity index (χ0n) is 15.8. The van der Waals surface area contributed by atoms with E-state index in [1.807, 2.05) is 0 Å². The number of methoxy groups -OCH3 is 1. The number of amides is 1. The molecule has 0 aliphatic carbocycles. The summed E-state index contributed by atoms with van der Waals surface area (Å²) in [4.78, 5) is 35.6. The molecule has 0 saturated heterocycles. The molecule has 0 radical (unpaired) electrons. The van der Waals surface area contributed by atoms with Gasteiger partial charge in [-0.05, 0) is 30.7 Å². The second-order valence-corrected chi connectivity index (χ2v) is 6.19. The number of aromatic nitrogens is 2. The Morgan fingerprint density at radius 1 is 1.21 bits per heavy atom. The first-order valence-corrected chi connectivity index (χ1v) is 8.66. The van der Waals surface area contributed by atoms with Crippen LogP contribution in [0.3, 0.4) is 0 Å². The maximum Gasteiger partial charge on any atom is 0.294 e. The van der Waals surface area contributed by atoms with E-state index in [0.717, 1.165) is 5.56 Å². The lowest BCUT2D eigenvalue weighted by Gasteiger charge is -2.11. The van der Waals surface area contributed by atoms with E-state index >= 15 is 0 Å². The van der Waals surface area contributed by atoms with Gasteiger partial charge in [0.05, 0.1) is 12.0 Å². The van der Waals surface area contributed by atoms with Crippen molar-refractivity contribution in [2.45, 2.75) is 13.5 Å². The van der Waals surface area contributed by atoms with E-state index in [-0.39, 0.29) is 23.6 Å². The predicted molar refractivity (Wildman–Crippen MR) is 105 cm³/mol. The molecule has 0 spiro atoms. The first-order valence-electron chi connectivity index (χ1n) is 8.66. The van der Waals surface area contributed by atoms with Crippen LogP contribution in [0.2, 0.25) is 0 Å². The van der Waals surface area contributed by atoms with Gasteiger partial charge in [0.2, 0.25) is 5.43 Å². The van der Waals surface area contributed by atoms with Crippen molar-refractivity contribution in [1.29, 1.82) is 0 Å². The van der Waals surface area contributed by atoms with Crippen molar-refractivity contribution in [3.05, 3.63) is 91.9 Å². The Hall–Kier alpha value is -4.01. The van der Waals surface area contributed by atoms with Gasteiger partial charge in [-0.25, -0.2) is 4.68 Å². The van der Waals surface area contributed by atoms with E-state index in [1.54, 1.807) is 44.4 Å². The molecule has 1 N–H and O–H groups in total. The number of nitrogens with zero attached hydrogens (tertiary/aromatic N) is 3. The number of carbonyl (C=O) groups is 1. The topological polar surface area (TPSA) is 116 Å². The fourth-order valence-electron chi connectivity index (χ4n) is 2.76. The fourth-order valence-corrected chi connectivity index (χ4v) is 2.76. The molecule has 1 heterocycles. The molecular weight excluding hydrogens is 376 g/mol. The molecule has 9 heteroatoms. The van der Waals surface area contributed by atoms with Crippen LogP contribution in [-0.4, -0.2) is 27.7 Å². The van der Waals surface area contributed by atoms with Crippen molar-refractivity contribution in [2.75, 3.05) is 7.11 Å². The number of aryl methyl sites for hydroxylation is 1. The third-order valence-electron chi connectivity index (χ3n) is 4.24. The van der Waals surface area contributed by atoms with Crippen molar-refractivity contribution in [3.8, 4) is 11.4 Å². The van der Waals surface area contributed by atoms with Gasteiger partial charge in [-0.2, -0.15) is 5.10 Å². The highest BCUT2D eigenvalue weighted by molar-refractivity contribution is 5.92. The number of nitro benzene ring substituents is 1. The molecular formula is C20H18N4O5. The molecule has 0 fully saturated rings. The van der Waals surface area contributed by atoms with Gasteiger partial charge in [-0.3, -0.25) is 19.7 Å². The summed E-state index contributed by atoms with van der Waals surface area (Å²) in [6.45, 7) is 1.77. The van der Waals surface area contributed by atoms with Crippen molar-refractivity contribution < 1.29 is 14.5 Å². The Balaban J connectivity index is 1.90. The molecule has 0 unspecified atom stereocenters. The van der Waals surface area contributed by atoms with Crippen LogP contribution >= 0.6 is 0 Å². The van der Waals surface area contributed by atoms with Gasteiger partial charge in [-0.1, -0.05) is 24.3 Å². The zero-order valence-corrected chi connectivity index (χ0v) is 15.8. The lowest BCUT2D eigenvalue weighted by molar-refractivity contribution is -0.384. The number of ether oxygens (including phenoxy) is 1. The van der Waals surface area contributed by atoms with E-state index < -0.39 is 16.3 Å². The molecule has 1 amide bonds. The van der Waals surface area contributed by atoms with Crippen LogP contribution in [0.1, 0.15) is 21.7 Å². The molecule has 0 saturated carbocycles. The summed E-state index contributed by atoms with van der Waals surface area (Å²) in [6, 6.07) is 14.3. The number of hydrogen-bond donors (Lipinski definition) is 1. The molecule has 148 valence electrons. The van der Waals surface area contributed by atoms with E-state index in [0.29, 0.717) is 11.4 Å². The van der Waals surface area contributed by atoms with Crippen LogP contribution in [0.5, 0.6) is 5.75 Å². The van der Waals surface area contributed by atoms with E-state index in [2.05, 4.69) is 10.4 Å². The monoisotopic (exact) mass is 394 g/mol. The fraction of sp³-hybridized carbons (Fsp3) is 0.150. The predicted octanol–water partition coefficient (Wildman–Crippen LogP) is 2.39. The Labute approximate surface area is 165 Å². The van der Waals surface area contributed by atoms with Gasteiger partial charge in [0.25, 0.3) is 11.6 Å². The van der Waals surface area contributed by atoms with Crippen LogP contribution in [0.15, 0.2) is 59.4 Å². The minimum Gasteiger partial charge on any atom is -0.497 e. The van der Waals surface area contributed by atoms with Gasteiger partial charge < -0.3 is 10.1 Å². The third-order valence-corrected chi connectivity index (χ3v) is 4.24. The number of carbonyl (C=O) groups excluding carboxylic acids is 1. The smallest absolute Gasteiger partial charge is 0.294 e.